The van der Waals surface area contributed by atoms with Crippen LogP contribution in [-0.2, 0) is 0 Å². The lowest BCUT2D eigenvalue weighted by Gasteiger charge is -2.12. The summed E-state index contributed by atoms with van der Waals surface area (Å²) in [6, 6.07) is 6.71. The molecule has 2 amide bonds. The van der Waals surface area contributed by atoms with E-state index in [2.05, 4.69) is 25.8 Å². The van der Waals surface area contributed by atoms with Crippen LogP contribution < -0.4 is 10.6 Å². The second kappa shape index (κ2) is 6.97. The highest BCUT2D eigenvalue weighted by Gasteiger charge is 2.15. The van der Waals surface area contributed by atoms with Crippen molar-refractivity contribution >= 4 is 34.0 Å². The molecule has 0 saturated heterocycles. The van der Waals surface area contributed by atoms with Gasteiger partial charge in [-0.2, -0.15) is 10.2 Å². The Morgan fingerprint density at radius 3 is 2.62 bits per heavy atom. The van der Waals surface area contributed by atoms with E-state index in [1.807, 2.05) is 0 Å². The second-order valence-electron chi connectivity index (χ2n) is 4.85. The average molecular weight is 339 g/mol. The molecule has 0 unspecified atom stereocenters. The Balaban J connectivity index is 1.80. The number of benzene rings is 1. The van der Waals surface area contributed by atoms with Crippen LogP contribution in [0.2, 0.25) is 0 Å². The summed E-state index contributed by atoms with van der Waals surface area (Å²) in [6.07, 6.45) is 4.44. The summed E-state index contributed by atoms with van der Waals surface area (Å²) >= 11 is 1.34. The van der Waals surface area contributed by atoms with Crippen LogP contribution in [0.3, 0.4) is 0 Å². The zero-order valence-electron chi connectivity index (χ0n) is 12.7. The number of hydrogen-bond acceptors (Lipinski definition) is 6. The van der Waals surface area contributed by atoms with E-state index in [0.717, 1.165) is 0 Å². The summed E-state index contributed by atoms with van der Waals surface area (Å²) in [4.78, 5) is 28.6. The molecule has 3 rings (SSSR count). The van der Waals surface area contributed by atoms with Gasteiger partial charge in [-0.3, -0.25) is 14.9 Å². The number of anilines is 2. The molecule has 3 aromatic rings. The molecule has 2 aromatic heterocycles. The van der Waals surface area contributed by atoms with Crippen molar-refractivity contribution in [1.29, 1.82) is 0 Å². The number of thiazole rings is 1. The molecule has 0 saturated carbocycles. The first-order chi connectivity index (χ1) is 11.6. The number of hydrogen-bond donors (Lipinski definition) is 2. The maximum absolute atomic E-state index is 12.4. The van der Waals surface area contributed by atoms with Gasteiger partial charge >= 0.3 is 0 Å². The highest BCUT2D eigenvalue weighted by molar-refractivity contribution is 7.13. The number of nitrogens with zero attached hydrogens (tertiary/aromatic N) is 3. The van der Waals surface area contributed by atoms with Gasteiger partial charge in [0.05, 0.1) is 18.0 Å². The van der Waals surface area contributed by atoms with Crippen LogP contribution in [0, 0.1) is 6.92 Å². The maximum Gasteiger partial charge on any atom is 0.257 e. The number of nitrogens with one attached hydrogen (secondary N) is 2. The zero-order valence-corrected chi connectivity index (χ0v) is 13.5. The van der Waals surface area contributed by atoms with Gasteiger partial charge in [0.15, 0.2) is 5.13 Å². The van der Waals surface area contributed by atoms with Crippen LogP contribution in [-0.4, -0.2) is 27.0 Å². The molecule has 24 heavy (non-hydrogen) atoms. The fraction of sp³-hybridized carbons (Fsp3) is 0.0625. The van der Waals surface area contributed by atoms with Gasteiger partial charge in [0.1, 0.15) is 0 Å². The topological polar surface area (TPSA) is 96.9 Å². The minimum absolute atomic E-state index is 0.274. The van der Waals surface area contributed by atoms with Crippen molar-refractivity contribution in [3.63, 3.8) is 0 Å². The Kier molecular flexibility index (Phi) is 4.57. The van der Waals surface area contributed by atoms with Crippen molar-refractivity contribution in [3.8, 4) is 0 Å². The molecule has 7 nitrogen and oxygen atoms in total. The monoisotopic (exact) mass is 339 g/mol. The van der Waals surface area contributed by atoms with E-state index in [0.29, 0.717) is 27.5 Å². The van der Waals surface area contributed by atoms with E-state index in [1.54, 1.807) is 42.8 Å². The Morgan fingerprint density at radius 1 is 1.04 bits per heavy atom. The first kappa shape index (κ1) is 15.8. The van der Waals surface area contributed by atoms with Crippen LogP contribution in [0.4, 0.5) is 10.8 Å². The van der Waals surface area contributed by atoms with Gasteiger partial charge in [0.2, 0.25) is 0 Å². The zero-order chi connectivity index (χ0) is 16.9. The predicted molar refractivity (Wildman–Crippen MR) is 91.2 cm³/mol. The Hall–Kier alpha value is -3.13. The lowest BCUT2D eigenvalue weighted by atomic mass is 10.1. The van der Waals surface area contributed by atoms with E-state index in [4.69, 9.17) is 0 Å². The van der Waals surface area contributed by atoms with E-state index in [1.165, 1.54) is 23.7 Å². The summed E-state index contributed by atoms with van der Waals surface area (Å²) < 4.78 is 0. The first-order valence-corrected chi connectivity index (χ1v) is 7.91. The van der Waals surface area contributed by atoms with Gasteiger partial charge in [-0.1, -0.05) is 6.07 Å². The van der Waals surface area contributed by atoms with Gasteiger partial charge in [-0.05, 0) is 30.7 Å². The van der Waals surface area contributed by atoms with Crippen molar-refractivity contribution in [2.24, 2.45) is 0 Å². The lowest BCUT2D eigenvalue weighted by molar-refractivity contribution is 0.101. The van der Waals surface area contributed by atoms with E-state index >= 15 is 0 Å². The molecule has 2 heterocycles. The van der Waals surface area contributed by atoms with Crippen molar-refractivity contribution < 1.29 is 9.59 Å². The molecule has 8 heteroatoms. The number of carbonyl (C=O) groups excluding carboxylic acids is 2. The lowest BCUT2D eigenvalue weighted by Crippen LogP contribution is -2.17. The highest BCUT2D eigenvalue weighted by Crippen LogP contribution is 2.21. The van der Waals surface area contributed by atoms with Gasteiger partial charge in [0.25, 0.3) is 11.8 Å². The van der Waals surface area contributed by atoms with Crippen molar-refractivity contribution in [1.82, 2.24) is 15.2 Å². The van der Waals surface area contributed by atoms with Gasteiger partial charge in [-0.15, -0.1) is 11.3 Å². The summed E-state index contributed by atoms with van der Waals surface area (Å²) in [6.45, 7) is 1.77. The fourth-order valence-electron chi connectivity index (χ4n) is 2.09. The molecular formula is C16H13N5O2S. The quantitative estimate of drug-likeness (QED) is 0.762. The van der Waals surface area contributed by atoms with Crippen LogP contribution in [0.15, 0.2) is 48.2 Å². The van der Waals surface area contributed by atoms with Crippen molar-refractivity contribution in [2.75, 3.05) is 10.6 Å². The largest absolute Gasteiger partial charge is 0.322 e. The maximum atomic E-state index is 12.4. The van der Waals surface area contributed by atoms with Gasteiger partial charge in [-0.25, -0.2) is 4.98 Å². The molecule has 0 aliphatic rings. The molecule has 0 bridgehead atoms. The number of rotatable bonds is 4. The third kappa shape index (κ3) is 3.44. The molecule has 2 N–H and O–H groups in total. The minimum Gasteiger partial charge on any atom is -0.322 e. The van der Waals surface area contributed by atoms with E-state index in [-0.39, 0.29) is 11.8 Å². The van der Waals surface area contributed by atoms with Crippen molar-refractivity contribution in [2.45, 2.75) is 6.92 Å². The Bertz CT molecular complexity index is 865. The summed E-state index contributed by atoms with van der Waals surface area (Å²) in [5, 5.41) is 15.1. The molecular weight excluding hydrogens is 326 g/mol. The molecule has 0 aliphatic heterocycles. The highest BCUT2D eigenvalue weighted by atomic mass is 32.1. The van der Waals surface area contributed by atoms with E-state index < -0.39 is 0 Å². The summed E-state index contributed by atoms with van der Waals surface area (Å²) in [5.41, 5.74) is 2.09. The molecule has 0 radical (unpaired) electrons. The summed E-state index contributed by atoms with van der Waals surface area (Å²) in [5.74, 6) is -0.588. The number of amides is 2. The minimum atomic E-state index is -0.314. The molecule has 1 aromatic carbocycles. The average Bonchev–Trinajstić information content (AvgIpc) is 3.10. The van der Waals surface area contributed by atoms with E-state index in [9.17, 15) is 9.59 Å². The third-order valence-corrected chi connectivity index (χ3v) is 4.01. The first-order valence-electron chi connectivity index (χ1n) is 7.03. The number of carbonyl (C=O) groups is 2. The van der Waals surface area contributed by atoms with Crippen molar-refractivity contribution in [3.05, 3.63) is 64.9 Å². The predicted octanol–water partition coefficient (Wildman–Crippen LogP) is 2.75. The third-order valence-electron chi connectivity index (χ3n) is 3.33. The Morgan fingerprint density at radius 2 is 1.92 bits per heavy atom. The Labute approximate surface area is 141 Å². The van der Waals surface area contributed by atoms with Gasteiger partial charge in [0, 0.05) is 22.8 Å². The molecule has 120 valence electrons. The van der Waals surface area contributed by atoms with Crippen LogP contribution in [0.25, 0.3) is 0 Å². The van der Waals surface area contributed by atoms with Crippen LogP contribution in [0.1, 0.15) is 26.3 Å². The summed E-state index contributed by atoms with van der Waals surface area (Å²) in [7, 11) is 0. The molecule has 0 atom stereocenters. The second-order valence-corrected chi connectivity index (χ2v) is 5.75. The smallest absolute Gasteiger partial charge is 0.257 e. The molecule has 0 aliphatic carbocycles. The molecule has 0 spiro atoms. The van der Waals surface area contributed by atoms with Crippen LogP contribution >= 0.6 is 11.3 Å². The molecule has 0 fully saturated rings. The normalized spacial score (nSPS) is 10.2. The van der Waals surface area contributed by atoms with Gasteiger partial charge < -0.3 is 5.32 Å². The SMILES string of the molecule is Cc1c(NC(=O)c2ccnnc2)cccc1C(=O)Nc1nccs1. The number of aromatic nitrogens is 3. The standard InChI is InChI=1S/C16H13N5O2S/c1-10-12(15(23)21-16-17-7-8-24-16)3-2-4-13(10)20-14(22)11-5-6-18-19-9-11/h2-9H,1H3,(H,20,22)(H,17,21,23). The van der Waals surface area contributed by atoms with Crippen LogP contribution in [0.5, 0.6) is 0 Å². The fourth-order valence-corrected chi connectivity index (χ4v) is 2.61.